The van der Waals surface area contributed by atoms with Crippen LogP contribution in [0.3, 0.4) is 0 Å². The molecule has 144 valence electrons. The van der Waals surface area contributed by atoms with Gasteiger partial charge in [0.2, 0.25) is 5.91 Å². The third-order valence-electron chi connectivity index (χ3n) is 4.64. The van der Waals surface area contributed by atoms with E-state index >= 15 is 0 Å². The van der Waals surface area contributed by atoms with Crippen LogP contribution in [0, 0.1) is 0 Å². The molecule has 2 aromatic rings. The van der Waals surface area contributed by atoms with Gasteiger partial charge in [0.1, 0.15) is 12.9 Å². The largest absolute Gasteiger partial charge is 0.418 e. The maximum absolute atomic E-state index is 13.3. The van der Waals surface area contributed by atoms with E-state index in [1.807, 2.05) is 6.07 Å². The summed E-state index contributed by atoms with van der Waals surface area (Å²) in [5.41, 5.74) is 0.912. The molecule has 0 bridgehead atoms. The number of hydrogen-bond acceptors (Lipinski definition) is 4. The Labute approximate surface area is 155 Å². The number of piperidine rings is 1. The van der Waals surface area contributed by atoms with Crippen molar-refractivity contribution in [2.24, 2.45) is 0 Å². The van der Waals surface area contributed by atoms with Crippen LogP contribution in [0.2, 0.25) is 0 Å². The third kappa shape index (κ3) is 5.03. The molecule has 0 unspecified atom stereocenters. The van der Waals surface area contributed by atoms with E-state index in [2.05, 4.69) is 9.97 Å². The van der Waals surface area contributed by atoms with Gasteiger partial charge in [-0.05, 0) is 24.5 Å². The molecule has 1 atom stereocenters. The topological polar surface area (TPSA) is 55.3 Å². The maximum Gasteiger partial charge on any atom is 0.418 e. The molecule has 0 radical (unpaired) electrons. The number of rotatable bonds is 5. The van der Waals surface area contributed by atoms with E-state index in [4.69, 9.17) is 4.74 Å². The molecule has 1 aromatic heterocycles. The van der Waals surface area contributed by atoms with Crippen molar-refractivity contribution in [2.75, 3.05) is 19.7 Å². The summed E-state index contributed by atoms with van der Waals surface area (Å²) in [6.45, 7) is 0.342. The molecule has 1 amide bonds. The normalized spacial score (nSPS) is 16.9. The molecule has 5 nitrogen and oxygen atoms in total. The lowest BCUT2D eigenvalue weighted by Gasteiger charge is -2.32. The lowest BCUT2D eigenvalue weighted by molar-refractivity contribution is -0.224. The highest BCUT2D eigenvalue weighted by Crippen LogP contribution is 2.35. The van der Waals surface area contributed by atoms with Crippen LogP contribution in [0.4, 0.5) is 13.2 Å². The number of carbonyl (C=O) groups excluding carboxylic acids is 1. The molecular formula is C19H20F3N3O2. The Morgan fingerprint density at radius 1 is 1.19 bits per heavy atom. The summed E-state index contributed by atoms with van der Waals surface area (Å²) >= 11 is 0. The second-order valence-electron chi connectivity index (χ2n) is 6.43. The fraction of sp³-hybridized carbons (Fsp3) is 0.421. The number of halogens is 3. The summed E-state index contributed by atoms with van der Waals surface area (Å²) < 4.78 is 44.8. The van der Waals surface area contributed by atoms with Crippen LogP contribution in [0.15, 0.2) is 48.9 Å². The lowest BCUT2D eigenvalue weighted by atomic mass is 9.93. The first-order chi connectivity index (χ1) is 12.9. The number of benzene rings is 1. The van der Waals surface area contributed by atoms with Crippen molar-refractivity contribution in [1.29, 1.82) is 0 Å². The van der Waals surface area contributed by atoms with Crippen LogP contribution < -0.4 is 0 Å². The second kappa shape index (κ2) is 8.47. The molecule has 1 aromatic carbocycles. The quantitative estimate of drug-likeness (QED) is 0.798. The Balaban J connectivity index is 1.54. The molecule has 2 heterocycles. The predicted molar refractivity (Wildman–Crippen MR) is 91.8 cm³/mol. The molecular weight excluding hydrogens is 359 g/mol. The SMILES string of the molecule is O=C(CO[C@@H](c1ccccc1)C(F)(F)F)N1CCC(c2ccncn2)CC1. The number of nitrogens with zero attached hydrogens (tertiary/aromatic N) is 3. The minimum Gasteiger partial charge on any atom is -0.354 e. The minimum absolute atomic E-state index is 0.0136. The zero-order valence-corrected chi connectivity index (χ0v) is 14.6. The Hall–Kier alpha value is -2.48. The van der Waals surface area contributed by atoms with Gasteiger partial charge < -0.3 is 9.64 Å². The molecule has 1 aliphatic heterocycles. The zero-order chi connectivity index (χ0) is 19.3. The standard InChI is InChI=1S/C19H20F3N3O2/c20-19(21,22)18(15-4-2-1-3-5-15)27-12-17(26)25-10-7-14(8-11-25)16-6-9-23-13-24-16/h1-6,9,13-14,18H,7-8,10-12H2/t18-/m0/s1. The van der Waals surface area contributed by atoms with Crippen LogP contribution in [-0.2, 0) is 9.53 Å². The van der Waals surface area contributed by atoms with E-state index in [1.54, 1.807) is 17.2 Å². The monoisotopic (exact) mass is 379 g/mol. The van der Waals surface area contributed by atoms with Crippen molar-refractivity contribution in [3.8, 4) is 0 Å². The second-order valence-corrected chi connectivity index (χ2v) is 6.43. The van der Waals surface area contributed by atoms with Crippen LogP contribution in [0.25, 0.3) is 0 Å². The summed E-state index contributed by atoms with van der Waals surface area (Å²) in [5.74, 6) is -0.202. The highest BCUT2D eigenvalue weighted by molar-refractivity contribution is 5.77. The molecule has 1 aliphatic rings. The van der Waals surface area contributed by atoms with E-state index in [-0.39, 0.29) is 11.5 Å². The highest BCUT2D eigenvalue weighted by Gasteiger charge is 2.42. The summed E-state index contributed by atoms with van der Waals surface area (Å²) in [7, 11) is 0. The van der Waals surface area contributed by atoms with Gasteiger partial charge in [-0.15, -0.1) is 0 Å². The van der Waals surface area contributed by atoms with E-state index in [9.17, 15) is 18.0 Å². The van der Waals surface area contributed by atoms with Crippen LogP contribution in [0.1, 0.15) is 36.1 Å². The lowest BCUT2D eigenvalue weighted by Crippen LogP contribution is -2.41. The van der Waals surface area contributed by atoms with Gasteiger partial charge in [-0.1, -0.05) is 30.3 Å². The molecule has 3 rings (SSSR count). The Morgan fingerprint density at radius 3 is 2.48 bits per heavy atom. The molecule has 1 fully saturated rings. The first kappa shape index (κ1) is 19.3. The average Bonchev–Trinajstić information content (AvgIpc) is 2.68. The van der Waals surface area contributed by atoms with Crippen LogP contribution in [-0.4, -0.2) is 46.6 Å². The summed E-state index contributed by atoms with van der Waals surface area (Å²) in [5, 5.41) is 0. The van der Waals surface area contributed by atoms with Crippen molar-refractivity contribution in [3.05, 3.63) is 60.2 Å². The maximum atomic E-state index is 13.3. The van der Waals surface area contributed by atoms with Gasteiger partial charge in [0.25, 0.3) is 0 Å². The summed E-state index contributed by atoms with van der Waals surface area (Å²) in [6.07, 6.45) is -2.10. The van der Waals surface area contributed by atoms with Crippen molar-refractivity contribution in [1.82, 2.24) is 14.9 Å². The van der Waals surface area contributed by atoms with Gasteiger partial charge in [0.15, 0.2) is 6.10 Å². The molecule has 0 spiro atoms. The van der Waals surface area contributed by atoms with Crippen LogP contribution in [0.5, 0.6) is 0 Å². The third-order valence-corrected chi connectivity index (χ3v) is 4.64. The smallest absolute Gasteiger partial charge is 0.354 e. The van der Waals surface area contributed by atoms with E-state index in [0.717, 1.165) is 5.69 Å². The van der Waals surface area contributed by atoms with E-state index in [0.29, 0.717) is 25.9 Å². The summed E-state index contributed by atoms with van der Waals surface area (Å²) in [6, 6.07) is 9.18. The van der Waals surface area contributed by atoms with Crippen molar-refractivity contribution in [2.45, 2.75) is 31.0 Å². The van der Waals surface area contributed by atoms with E-state index in [1.165, 1.54) is 30.6 Å². The first-order valence-corrected chi connectivity index (χ1v) is 8.72. The molecule has 0 aliphatic carbocycles. The van der Waals surface area contributed by atoms with Gasteiger partial charge >= 0.3 is 6.18 Å². The fourth-order valence-corrected chi connectivity index (χ4v) is 3.22. The van der Waals surface area contributed by atoms with Crippen LogP contribution >= 0.6 is 0 Å². The zero-order valence-electron chi connectivity index (χ0n) is 14.6. The molecule has 0 N–H and O–H groups in total. The van der Waals surface area contributed by atoms with Crippen molar-refractivity contribution < 1.29 is 22.7 Å². The van der Waals surface area contributed by atoms with E-state index < -0.39 is 24.8 Å². The number of alkyl halides is 3. The van der Waals surface area contributed by atoms with Gasteiger partial charge in [0.05, 0.1) is 0 Å². The fourth-order valence-electron chi connectivity index (χ4n) is 3.22. The van der Waals surface area contributed by atoms with Gasteiger partial charge in [-0.25, -0.2) is 9.97 Å². The number of ether oxygens (including phenoxy) is 1. The molecule has 1 saturated heterocycles. The van der Waals surface area contributed by atoms with Crippen molar-refractivity contribution >= 4 is 5.91 Å². The Bertz CT molecular complexity index is 733. The number of hydrogen-bond donors (Lipinski definition) is 0. The number of aromatic nitrogens is 2. The number of amides is 1. The average molecular weight is 379 g/mol. The van der Waals surface area contributed by atoms with Gasteiger partial charge in [-0.3, -0.25) is 4.79 Å². The Morgan fingerprint density at radius 2 is 1.89 bits per heavy atom. The van der Waals surface area contributed by atoms with Gasteiger partial charge in [0, 0.05) is 30.9 Å². The minimum atomic E-state index is -4.58. The molecule has 8 heteroatoms. The predicted octanol–water partition coefficient (Wildman–Crippen LogP) is 3.50. The molecule has 0 saturated carbocycles. The highest BCUT2D eigenvalue weighted by atomic mass is 19.4. The Kier molecular flexibility index (Phi) is 6.05. The molecule has 27 heavy (non-hydrogen) atoms. The summed E-state index contributed by atoms with van der Waals surface area (Å²) in [4.78, 5) is 22.0. The number of likely N-dealkylation sites (tertiary alicyclic amines) is 1. The first-order valence-electron chi connectivity index (χ1n) is 8.72. The number of carbonyl (C=O) groups is 1. The van der Waals surface area contributed by atoms with Crippen molar-refractivity contribution in [3.63, 3.8) is 0 Å². The van der Waals surface area contributed by atoms with Gasteiger partial charge in [-0.2, -0.15) is 13.2 Å².